The normalized spacial score (nSPS) is 22.9. The van der Waals surface area contributed by atoms with Gasteiger partial charge in [-0.1, -0.05) is 48.5 Å². The maximum Gasteiger partial charge on any atom is 0.363 e. The van der Waals surface area contributed by atoms with Crippen LogP contribution < -0.4 is 9.64 Å². The Morgan fingerprint density at radius 1 is 0.811 bits per heavy atom. The summed E-state index contributed by atoms with van der Waals surface area (Å²) >= 11 is 0. The maximum atomic E-state index is 14.3. The maximum absolute atomic E-state index is 14.3. The van der Waals surface area contributed by atoms with Gasteiger partial charge in [-0.2, -0.15) is 0 Å². The van der Waals surface area contributed by atoms with Crippen molar-refractivity contribution in [2.24, 2.45) is 16.8 Å². The highest BCUT2D eigenvalue weighted by Crippen LogP contribution is 2.72. The minimum atomic E-state index is -4.04. The van der Waals surface area contributed by atoms with Crippen LogP contribution in [0.4, 0.5) is 5.69 Å². The third kappa shape index (κ3) is 4.11. The van der Waals surface area contributed by atoms with Gasteiger partial charge in [0.25, 0.3) is 0 Å². The predicted octanol–water partition coefficient (Wildman–Crippen LogP) is 5.79. The second kappa shape index (κ2) is 10.1. The number of carbonyl (C=O) groups excluding carboxylic acids is 2. The van der Waals surface area contributed by atoms with E-state index in [0.29, 0.717) is 22.7 Å². The first-order chi connectivity index (χ1) is 17.9. The number of nitrogens with zero attached hydrogens (tertiary/aromatic N) is 2. The second-order valence-corrected chi connectivity index (χ2v) is 10.8. The summed E-state index contributed by atoms with van der Waals surface area (Å²) in [6.07, 6.45) is 1.43. The van der Waals surface area contributed by atoms with Crippen molar-refractivity contribution >= 4 is 31.3 Å². The number of benzene rings is 3. The van der Waals surface area contributed by atoms with E-state index in [1.165, 1.54) is 6.21 Å². The Labute approximate surface area is 215 Å². The van der Waals surface area contributed by atoms with Gasteiger partial charge >= 0.3 is 7.60 Å². The number of para-hydroxylation sites is 1. The Kier molecular flexibility index (Phi) is 6.82. The number of fused-ring (bicyclic) bond motifs is 1. The van der Waals surface area contributed by atoms with Crippen molar-refractivity contribution in [1.82, 2.24) is 0 Å². The molecule has 2 amide bonds. The van der Waals surface area contributed by atoms with Crippen molar-refractivity contribution in [1.29, 1.82) is 0 Å². The number of ether oxygens (including phenoxy) is 1. The van der Waals surface area contributed by atoms with Crippen LogP contribution in [-0.4, -0.2) is 31.2 Å². The van der Waals surface area contributed by atoms with E-state index in [2.05, 4.69) is 4.99 Å². The number of hydrogen-bond acceptors (Lipinski definition) is 7. The Balaban J connectivity index is 1.53. The summed E-state index contributed by atoms with van der Waals surface area (Å²) in [6.45, 7) is 3.59. The first kappa shape index (κ1) is 25.1. The molecule has 1 fully saturated rings. The van der Waals surface area contributed by atoms with E-state index < -0.39 is 36.5 Å². The zero-order valence-electron chi connectivity index (χ0n) is 20.5. The number of anilines is 1. The topological polar surface area (TPSA) is 94.5 Å². The second-order valence-electron chi connectivity index (χ2n) is 8.63. The van der Waals surface area contributed by atoms with Gasteiger partial charge in [0, 0.05) is 6.21 Å². The molecule has 0 saturated carbocycles. The molecule has 5 rings (SSSR count). The van der Waals surface area contributed by atoms with E-state index in [0.717, 1.165) is 4.90 Å². The molecule has 190 valence electrons. The molecule has 37 heavy (non-hydrogen) atoms. The molecule has 8 nitrogen and oxygen atoms in total. The minimum absolute atomic E-state index is 0.0908. The highest BCUT2D eigenvalue weighted by molar-refractivity contribution is 7.55. The van der Waals surface area contributed by atoms with Crippen LogP contribution >= 0.6 is 7.60 Å². The lowest BCUT2D eigenvalue weighted by atomic mass is 9.87. The highest BCUT2D eigenvalue weighted by atomic mass is 31.2. The van der Waals surface area contributed by atoms with E-state index >= 15 is 0 Å². The third-order valence-corrected chi connectivity index (χ3v) is 9.19. The summed E-state index contributed by atoms with van der Waals surface area (Å²) in [5.74, 6) is -1.69. The van der Waals surface area contributed by atoms with E-state index in [1.54, 1.807) is 62.4 Å². The van der Waals surface area contributed by atoms with Crippen molar-refractivity contribution in [2.75, 3.05) is 18.1 Å². The molecular weight excluding hydrogens is 491 g/mol. The van der Waals surface area contributed by atoms with Crippen LogP contribution in [0.2, 0.25) is 0 Å². The Hall–Kier alpha value is -3.58. The number of imide groups is 1. The first-order valence-electron chi connectivity index (χ1n) is 12.2. The van der Waals surface area contributed by atoms with Gasteiger partial charge in [-0.3, -0.25) is 19.1 Å². The molecule has 0 aromatic heterocycles. The quantitative estimate of drug-likeness (QED) is 0.263. The molecule has 2 aliphatic rings. The zero-order valence-corrected chi connectivity index (χ0v) is 21.4. The summed E-state index contributed by atoms with van der Waals surface area (Å²) in [5, 5.41) is -1.68. The number of hydrogen-bond donors (Lipinski definition) is 0. The summed E-state index contributed by atoms with van der Waals surface area (Å²) < 4.78 is 31.6. The molecular formula is C28H27N2O6P. The number of rotatable bonds is 9. The Bertz CT molecular complexity index is 1350. The lowest BCUT2D eigenvalue weighted by Crippen LogP contribution is -2.40. The molecule has 1 saturated heterocycles. The zero-order chi connectivity index (χ0) is 26.0. The fourth-order valence-electron chi connectivity index (χ4n) is 4.99. The molecule has 2 heterocycles. The third-order valence-electron chi connectivity index (χ3n) is 6.50. The molecule has 9 heteroatoms. The summed E-state index contributed by atoms with van der Waals surface area (Å²) in [4.78, 5) is 33.3. The number of amides is 2. The van der Waals surface area contributed by atoms with Crippen LogP contribution in [0.1, 0.15) is 19.4 Å². The molecule has 3 aromatic rings. The molecule has 0 radical (unpaired) electrons. The molecule has 3 aromatic carbocycles. The Morgan fingerprint density at radius 2 is 1.38 bits per heavy atom. The molecule has 2 aliphatic heterocycles. The Morgan fingerprint density at radius 3 is 1.97 bits per heavy atom. The van der Waals surface area contributed by atoms with Gasteiger partial charge in [0.05, 0.1) is 30.7 Å². The lowest BCUT2D eigenvalue weighted by Gasteiger charge is -2.37. The monoisotopic (exact) mass is 518 g/mol. The largest absolute Gasteiger partial charge is 0.457 e. The first-order valence-corrected chi connectivity index (χ1v) is 13.7. The average molecular weight is 519 g/mol. The van der Waals surface area contributed by atoms with Crippen molar-refractivity contribution < 1.29 is 27.9 Å². The van der Waals surface area contributed by atoms with Crippen molar-refractivity contribution in [2.45, 2.75) is 19.1 Å². The fraction of sp³-hybridized carbons (Fsp3) is 0.250. The van der Waals surface area contributed by atoms with Crippen LogP contribution in [0.5, 0.6) is 11.5 Å². The van der Waals surface area contributed by atoms with Gasteiger partial charge < -0.3 is 13.8 Å². The van der Waals surface area contributed by atoms with Crippen LogP contribution in [0.25, 0.3) is 0 Å². The van der Waals surface area contributed by atoms with Crippen LogP contribution in [0, 0.1) is 11.8 Å². The summed E-state index contributed by atoms with van der Waals surface area (Å²) in [7, 11) is -4.04. The molecule has 0 N–H and O–H groups in total. The average Bonchev–Trinajstić information content (AvgIpc) is 3.44. The number of aliphatic imine (C=N–C) groups is 1. The van der Waals surface area contributed by atoms with Crippen LogP contribution in [0.15, 0.2) is 89.9 Å². The van der Waals surface area contributed by atoms with E-state index in [4.69, 9.17) is 13.8 Å². The van der Waals surface area contributed by atoms with E-state index in [9.17, 15) is 14.2 Å². The predicted molar refractivity (Wildman–Crippen MR) is 140 cm³/mol. The van der Waals surface area contributed by atoms with E-state index in [-0.39, 0.29) is 13.2 Å². The lowest BCUT2D eigenvalue weighted by molar-refractivity contribution is -0.123. The van der Waals surface area contributed by atoms with Crippen molar-refractivity contribution in [3.05, 3.63) is 90.5 Å². The van der Waals surface area contributed by atoms with Crippen LogP contribution in [0.3, 0.4) is 0 Å². The van der Waals surface area contributed by atoms with Gasteiger partial charge in [-0.15, -0.1) is 0 Å². The number of carbonyl (C=O) groups is 2. The van der Waals surface area contributed by atoms with Gasteiger partial charge in [0.1, 0.15) is 11.5 Å². The minimum Gasteiger partial charge on any atom is -0.457 e. The SMILES string of the molecule is CCOP(=O)(OCC)C1(c2ccccc2)N=CC2C(=O)N(c3ccc(Oc4ccccc4)cc3)C(=O)C21. The smallest absolute Gasteiger partial charge is 0.363 e. The van der Waals surface area contributed by atoms with Gasteiger partial charge in [0.15, 0.2) is 5.28 Å². The molecule has 3 unspecified atom stereocenters. The highest BCUT2D eigenvalue weighted by Gasteiger charge is 2.69. The molecule has 3 atom stereocenters. The van der Waals surface area contributed by atoms with Crippen molar-refractivity contribution in [3.63, 3.8) is 0 Å². The molecule has 0 aliphatic carbocycles. The fourth-order valence-corrected chi connectivity index (χ4v) is 7.43. The van der Waals surface area contributed by atoms with Gasteiger partial charge in [-0.05, 0) is 55.8 Å². The van der Waals surface area contributed by atoms with Crippen LogP contribution in [-0.2, 0) is 28.5 Å². The molecule has 0 spiro atoms. The van der Waals surface area contributed by atoms with Crippen molar-refractivity contribution in [3.8, 4) is 11.5 Å². The molecule has 0 bridgehead atoms. The van der Waals surface area contributed by atoms with Gasteiger partial charge in [-0.25, -0.2) is 4.90 Å². The summed E-state index contributed by atoms with van der Waals surface area (Å²) in [6, 6.07) is 24.8. The van der Waals surface area contributed by atoms with E-state index in [1.807, 2.05) is 36.4 Å². The summed E-state index contributed by atoms with van der Waals surface area (Å²) in [5.41, 5.74) is 0.890. The van der Waals surface area contributed by atoms with Gasteiger partial charge in [0.2, 0.25) is 11.8 Å². The standard InChI is InChI=1S/C28H27N2O6P/c1-3-34-37(33,35-4-2)28(20-11-7-5-8-12-20)25-24(19-29-28)26(31)30(27(25)32)21-15-17-23(18-16-21)36-22-13-9-6-10-14-22/h5-19,24-25H,3-4H2,1-2H3.